The molecule has 1 fully saturated rings. The predicted octanol–water partition coefficient (Wildman–Crippen LogP) is 3.30. The van der Waals surface area contributed by atoms with Crippen LogP contribution >= 0.6 is 11.3 Å². The van der Waals surface area contributed by atoms with E-state index in [9.17, 15) is 9.59 Å². The number of benzene rings is 2. The molecular formula is C21H20N4O4S. The van der Waals surface area contributed by atoms with E-state index >= 15 is 0 Å². The summed E-state index contributed by atoms with van der Waals surface area (Å²) in [5, 5.41) is 6.18. The molecular weight excluding hydrogens is 404 g/mol. The molecule has 9 heteroatoms. The van der Waals surface area contributed by atoms with Gasteiger partial charge in [-0.1, -0.05) is 17.4 Å². The zero-order chi connectivity index (χ0) is 20.7. The van der Waals surface area contributed by atoms with Crippen molar-refractivity contribution in [3.8, 4) is 11.5 Å². The van der Waals surface area contributed by atoms with E-state index in [1.807, 2.05) is 31.2 Å². The lowest BCUT2D eigenvalue weighted by Crippen LogP contribution is -2.39. The number of rotatable bonds is 3. The average molecular weight is 424 g/mol. The van der Waals surface area contributed by atoms with E-state index in [-0.39, 0.29) is 24.4 Å². The molecule has 2 aliphatic rings. The van der Waals surface area contributed by atoms with Crippen LogP contribution in [0.3, 0.4) is 0 Å². The first kappa shape index (κ1) is 18.7. The van der Waals surface area contributed by atoms with Gasteiger partial charge in [0.25, 0.3) is 0 Å². The Morgan fingerprint density at radius 2 is 2.00 bits per heavy atom. The van der Waals surface area contributed by atoms with Gasteiger partial charge in [0.15, 0.2) is 16.6 Å². The third-order valence-corrected chi connectivity index (χ3v) is 6.00. The molecule has 30 heavy (non-hydrogen) atoms. The van der Waals surface area contributed by atoms with Crippen molar-refractivity contribution in [2.45, 2.75) is 19.4 Å². The van der Waals surface area contributed by atoms with E-state index in [4.69, 9.17) is 9.47 Å². The number of carbonyl (C=O) groups excluding carboxylic acids is 2. The first-order chi connectivity index (χ1) is 14.5. The number of aryl methyl sites for hydroxylation is 1. The van der Waals surface area contributed by atoms with Crippen molar-refractivity contribution in [2.24, 2.45) is 0 Å². The summed E-state index contributed by atoms with van der Waals surface area (Å²) in [7, 11) is 0. The Labute approximate surface area is 176 Å². The van der Waals surface area contributed by atoms with Gasteiger partial charge in [-0.15, -0.1) is 0 Å². The standard InChI is InChI=1S/C21H20N4O4S/c1-12-2-4-15-18(8-12)30-21(23-15)24-20(27)22-13-9-19(26)25(11-13)14-3-5-16-17(10-14)29-7-6-28-16/h2-5,8,10,13H,6-7,9,11H2,1H3,(H2,22,23,24,27)/t13-/m1/s1. The highest BCUT2D eigenvalue weighted by Gasteiger charge is 2.32. The Balaban J connectivity index is 1.23. The zero-order valence-corrected chi connectivity index (χ0v) is 17.1. The Kier molecular flexibility index (Phi) is 4.66. The van der Waals surface area contributed by atoms with E-state index in [2.05, 4.69) is 15.6 Å². The smallest absolute Gasteiger partial charge is 0.321 e. The molecule has 154 valence electrons. The normalized spacial score (nSPS) is 18.0. The fourth-order valence-electron chi connectivity index (χ4n) is 3.66. The molecule has 0 spiro atoms. The predicted molar refractivity (Wildman–Crippen MR) is 115 cm³/mol. The van der Waals surface area contributed by atoms with E-state index in [0.29, 0.717) is 36.4 Å². The minimum atomic E-state index is -0.368. The molecule has 1 saturated heterocycles. The number of amides is 3. The lowest BCUT2D eigenvalue weighted by molar-refractivity contribution is -0.117. The van der Waals surface area contributed by atoms with Gasteiger partial charge < -0.3 is 19.7 Å². The van der Waals surface area contributed by atoms with E-state index in [0.717, 1.165) is 21.5 Å². The molecule has 1 aromatic heterocycles. The zero-order valence-electron chi connectivity index (χ0n) is 16.3. The molecule has 2 N–H and O–H groups in total. The Morgan fingerprint density at radius 3 is 2.87 bits per heavy atom. The SMILES string of the molecule is Cc1ccc2nc(NC(=O)N[C@@H]3CC(=O)N(c4ccc5c(c4)OCCO5)C3)sc2c1. The van der Waals surface area contributed by atoms with Crippen LogP contribution in [0.5, 0.6) is 11.5 Å². The second-order valence-electron chi connectivity index (χ2n) is 7.32. The van der Waals surface area contributed by atoms with Crippen molar-refractivity contribution in [2.75, 3.05) is 30.0 Å². The molecule has 3 amide bonds. The summed E-state index contributed by atoms with van der Waals surface area (Å²) in [4.78, 5) is 31.0. The third kappa shape index (κ3) is 3.63. The van der Waals surface area contributed by atoms with Crippen LogP contribution in [0.15, 0.2) is 36.4 Å². The molecule has 5 rings (SSSR count). The number of hydrogen-bond donors (Lipinski definition) is 2. The van der Waals surface area contributed by atoms with E-state index in [1.54, 1.807) is 17.0 Å². The Bertz CT molecular complexity index is 1150. The summed E-state index contributed by atoms with van der Waals surface area (Å²) in [6.45, 7) is 3.42. The molecule has 3 heterocycles. The fraction of sp³-hybridized carbons (Fsp3) is 0.286. The van der Waals surface area contributed by atoms with Gasteiger partial charge in [0.05, 0.1) is 16.3 Å². The Hall–Kier alpha value is -3.33. The number of carbonyl (C=O) groups is 2. The molecule has 2 aromatic carbocycles. The van der Waals surface area contributed by atoms with Gasteiger partial charge in [-0.25, -0.2) is 9.78 Å². The number of ether oxygens (including phenoxy) is 2. The van der Waals surface area contributed by atoms with Crippen LogP contribution in [0.1, 0.15) is 12.0 Å². The molecule has 3 aromatic rings. The van der Waals surface area contributed by atoms with Crippen molar-refractivity contribution in [3.63, 3.8) is 0 Å². The second-order valence-corrected chi connectivity index (χ2v) is 8.35. The van der Waals surface area contributed by atoms with Crippen molar-refractivity contribution >= 4 is 44.3 Å². The van der Waals surface area contributed by atoms with Gasteiger partial charge in [-0.05, 0) is 36.8 Å². The quantitative estimate of drug-likeness (QED) is 0.673. The lowest BCUT2D eigenvalue weighted by Gasteiger charge is -2.22. The summed E-state index contributed by atoms with van der Waals surface area (Å²) >= 11 is 1.42. The van der Waals surface area contributed by atoms with Crippen molar-refractivity contribution in [1.82, 2.24) is 10.3 Å². The van der Waals surface area contributed by atoms with Gasteiger partial charge in [-0.3, -0.25) is 10.1 Å². The number of aromatic nitrogens is 1. The molecule has 0 saturated carbocycles. The van der Waals surface area contributed by atoms with Gasteiger partial charge >= 0.3 is 6.03 Å². The number of thiazole rings is 1. The number of hydrogen-bond acceptors (Lipinski definition) is 6. The van der Waals surface area contributed by atoms with Gasteiger partial charge in [-0.2, -0.15) is 0 Å². The molecule has 0 radical (unpaired) electrons. The summed E-state index contributed by atoms with van der Waals surface area (Å²) in [5.41, 5.74) is 2.73. The van der Waals surface area contributed by atoms with Crippen LogP contribution in [-0.2, 0) is 4.79 Å². The maximum Gasteiger partial charge on any atom is 0.321 e. The molecule has 0 aliphatic carbocycles. The summed E-state index contributed by atoms with van der Waals surface area (Å²) in [6, 6.07) is 10.7. The van der Waals surface area contributed by atoms with Crippen LogP contribution in [0.4, 0.5) is 15.6 Å². The highest BCUT2D eigenvalue weighted by atomic mass is 32.1. The number of anilines is 2. The van der Waals surface area contributed by atoms with Crippen LogP contribution in [0, 0.1) is 6.92 Å². The summed E-state index contributed by atoms with van der Waals surface area (Å²) in [5.74, 6) is 1.26. The van der Waals surface area contributed by atoms with Gasteiger partial charge in [0, 0.05) is 24.7 Å². The highest BCUT2D eigenvalue weighted by Crippen LogP contribution is 2.35. The number of urea groups is 1. The van der Waals surface area contributed by atoms with Crippen LogP contribution in [0.25, 0.3) is 10.2 Å². The first-order valence-electron chi connectivity index (χ1n) is 9.70. The molecule has 0 bridgehead atoms. The largest absolute Gasteiger partial charge is 0.486 e. The maximum atomic E-state index is 12.5. The van der Waals surface area contributed by atoms with Gasteiger partial charge in [0.1, 0.15) is 13.2 Å². The fourth-order valence-corrected chi connectivity index (χ4v) is 4.62. The van der Waals surface area contributed by atoms with E-state index in [1.165, 1.54) is 11.3 Å². The number of nitrogens with one attached hydrogen (secondary N) is 2. The van der Waals surface area contributed by atoms with Crippen LogP contribution in [0.2, 0.25) is 0 Å². The van der Waals surface area contributed by atoms with Gasteiger partial charge in [0.2, 0.25) is 5.91 Å². The second kappa shape index (κ2) is 7.49. The Morgan fingerprint density at radius 1 is 1.17 bits per heavy atom. The average Bonchev–Trinajstić information content (AvgIpc) is 3.29. The minimum Gasteiger partial charge on any atom is -0.486 e. The summed E-state index contributed by atoms with van der Waals surface area (Å²) < 4.78 is 12.1. The van der Waals surface area contributed by atoms with E-state index < -0.39 is 0 Å². The molecule has 8 nitrogen and oxygen atoms in total. The molecule has 0 unspecified atom stereocenters. The number of fused-ring (bicyclic) bond motifs is 2. The highest BCUT2D eigenvalue weighted by molar-refractivity contribution is 7.22. The summed E-state index contributed by atoms with van der Waals surface area (Å²) in [6.07, 6.45) is 0.237. The topological polar surface area (TPSA) is 92.8 Å². The number of nitrogens with zero attached hydrogens (tertiary/aromatic N) is 2. The van der Waals surface area contributed by atoms with Crippen molar-refractivity contribution < 1.29 is 19.1 Å². The third-order valence-electron chi connectivity index (χ3n) is 5.06. The molecule has 1 atom stereocenters. The minimum absolute atomic E-state index is 0.0487. The molecule has 2 aliphatic heterocycles. The maximum absolute atomic E-state index is 12.5. The first-order valence-corrected chi connectivity index (χ1v) is 10.5. The van der Waals surface area contributed by atoms with Crippen molar-refractivity contribution in [1.29, 1.82) is 0 Å². The van der Waals surface area contributed by atoms with Crippen molar-refractivity contribution in [3.05, 3.63) is 42.0 Å². The van der Waals surface area contributed by atoms with Crippen LogP contribution < -0.4 is 25.0 Å². The monoisotopic (exact) mass is 424 g/mol. The van der Waals surface area contributed by atoms with Crippen LogP contribution in [-0.4, -0.2) is 42.7 Å². The lowest BCUT2D eigenvalue weighted by atomic mass is 10.2.